The summed E-state index contributed by atoms with van der Waals surface area (Å²) in [7, 11) is -3.71. The Morgan fingerprint density at radius 2 is 1.36 bits per heavy atom. The number of carbonyl (C=O) groups excluding carboxylic acids is 1. The van der Waals surface area contributed by atoms with Crippen molar-refractivity contribution in [1.82, 2.24) is 4.72 Å². The molecule has 0 spiro atoms. The van der Waals surface area contributed by atoms with Crippen molar-refractivity contribution in [2.75, 3.05) is 5.75 Å². The van der Waals surface area contributed by atoms with E-state index in [2.05, 4.69) is 49.9 Å². The Bertz CT molecular complexity index is 887. The van der Waals surface area contributed by atoms with E-state index in [-0.39, 0.29) is 0 Å². The molecule has 2 aromatic carbocycles. The zero-order valence-electron chi connectivity index (χ0n) is 13.0. The zero-order chi connectivity index (χ0) is 18.3. The fourth-order valence-electron chi connectivity index (χ4n) is 1.85. The minimum Gasteiger partial charge on any atom is -0.294 e. The maximum Gasteiger partial charge on any atom is 0.239 e. The molecule has 0 aliphatic heterocycles. The molecule has 2 aromatic rings. The number of ketones is 1. The van der Waals surface area contributed by atoms with Crippen molar-refractivity contribution in [2.45, 2.75) is 0 Å². The van der Waals surface area contributed by atoms with E-state index < -0.39 is 21.6 Å². The van der Waals surface area contributed by atoms with Gasteiger partial charge in [-0.25, -0.2) is 8.42 Å². The van der Waals surface area contributed by atoms with Gasteiger partial charge >= 0.3 is 0 Å². The van der Waals surface area contributed by atoms with Gasteiger partial charge in [-0.2, -0.15) is 0 Å². The third kappa shape index (κ3) is 7.70. The molecule has 2 rings (SSSR count). The predicted molar refractivity (Wildman–Crippen MR) is 118 cm³/mol. The van der Waals surface area contributed by atoms with Crippen molar-refractivity contribution in [3.05, 3.63) is 79.1 Å². The molecule has 0 amide bonds. The molecule has 0 aromatic heterocycles. The van der Waals surface area contributed by atoms with Gasteiger partial charge in [-0.1, -0.05) is 30.3 Å². The summed E-state index contributed by atoms with van der Waals surface area (Å²) in [5.41, 5.74) is 1.71. The number of carbonyl (C=O) groups is 1. The maximum absolute atomic E-state index is 11.9. The summed E-state index contributed by atoms with van der Waals surface area (Å²) in [6.07, 6.45) is 5.85. The summed E-state index contributed by atoms with van der Waals surface area (Å²) in [4.78, 5) is 11.8. The zero-order valence-corrected chi connectivity index (χ0v) is 18.2. The molecule has 0 atom stereocenters. The smallest absolute Gasteiger partial charge is 0.239 e. The molecule has 0 fully saturated rings. The van der Waals surface area contributed by atoms with E-state index in [1.807, 2.05) is 48.5 Å². The van der Waals surface area contributed by atoms with Crippen LogP contribution >= 0.6 is 45.2 Å². The second kappa shape index (κ2) is 9.48. The quantitative estimate of drug-likeness (QED) is 0.398. The number of nitrogens with one attached hydrogen (secondary N) is 1. The largest absolute Gasteiger partial charge is 0.294 e. The first kappa shape index (κ1) is 20.1. The van der Waals surface area contributed by atoms with Crippen LogP contribution in [0.25, 0.3) is 12.2 Å². The van der Waals surface area contributed by atoms with Crippen LogP contribution in [-0.4, -0.2) is 20.0 Å². The van der Waals surface area contributed by atoms with Gasteiger partial charge in [-0.15, -0.1) is 0 Å². The highest BCUT2D eigenvalue weighted by atomic mass is 127. The molecule has 0 unspecified atom stereocenters. The van der Waals surface area contributed by atoms with Crippen LogP contribution in [0, 0.1) is 7.14 Å². The molecular formula is C18H15I2NO3S. The van der Waals surface area contributed by atoms with Crippen LogP contribution in [0.3, 0.4) is 0 Å². The number of hydrogen-bond acceptors (Lipinski definition) is 3. The van der Waals surface area contributed by atoms with Gasteiger partial charge in [0, 0.05) is 13.3 Å². The van der Waals surface area contributed by atoms with Crippen molar-refractivity contribution in [3.63, 3.8) is 0 Å². The van der Waals surface area contributed by atoms with E-state index in [4.69, 9.17) is 0 Å². The summed E-state index contributed by atoms with van der Waals surface area (Å²) >= 11 is 4.38. The molecular weight excluding hydrogens is 564 g/mol. The predicted octanol–water partition coefficient (Wildman–Crippen LogP) is 4.07. The number of hydrogen-bond donors (Lipinski definition) is 1. The highest BCUT2D eigenvalue weighted by Crippen LogP contribution is 2.09. The van der Waals surface area contributed by atoms with Crippen LogP contribution in [0.4, 0.5) is 0 Å². The van der Waals surface area contributed by atoms with Crippen LogP contribution < -0.4 is 4.72 Å². The van der Waals surface area contributed by atoms with Gasteiger partial charge < -0.3 is 0 Å². The van der Waals surface area contributed by atoms with Crippen LogP contribution in [0.5, 0.6) is 0 Å². The molecule has 0 heterocycles. The van der Waals surface area contributed by atoms with Gasteiger partial charge in [0.25, 0.3) is 0 Å². The number of benzene rings is 2. The number of rotatable bonds is 7. The van der Waals surface area contributed by atoms with Crippen molar-refractivity contribution in [3.8, 4) is 0 Å². The van der Waals surface area contributed by atoms with E-state index in [0.717, 1.165) is 18.3 Å². The van der Waals surface area contributed by atoms with Crippen molar-refractivity contribution < 1.29 is 13.2 Å². The van der Waals surface area contributed by atoms with E-state index in [0.29, 0.717) is 0 Å². The summed E-state index contributed by atoms with van der Waals surface area (Å²) in [5, 5.41) is 0. The molecule has 130 valence electrons. The number of sulfonamides is 1. The second-order valence-electron chi connectivity index (χ2n) is 5.11. The van der Waals surface area contributed by atoms with Crippen molar-refractivity contribution in [2.24, 2.45) is 0 Å². The van der Waals surface area contributed by atoms with Gasteiger partial charge in [0.05, 0.1) is 0 Å². The van der Waals surface area contributed by atoms with E-state index in [1.165, 1.54) is 12.3 Å². The molecule has 0 bridgehead atoms. The average Bonchev–Trinajstić information content (AvgIpc) is 2.55. The topological polar surface area (TPSA) is 63.2 Å². The molecule has 0 saturated carbocycles. The van der Waals surface area contributed by atoms with E-state index >= 15 is 0 Å². The third-order valence-electron chi connectivity index (χ3n) is 3.06. The highest BCUT2D eigenvalue weighted by Gasteiger charge is 2.12. The average molecular weight is 579 g/mol. The van der Waals surface area contributed by atoms with Gasteiger partial charge in [0.1, 0.15) is 5.75 Å². The number of allylic oxidation sites excluding steroid dienone is 1. The standard InChI is InChI=1S/C18H15I2NO3S/c19-16-6-1-14(2-7-16)5-10-18(22)13-25(23,24)21-12-11-15-3-8-17(20)9-4-15/h1-12,21H,13H2/b10-5-,12-11-. The molecule has 4 nitrogen and oxygen atoms in total. The highest BCUT2D eigenvalue weighted by molar-refractivity contribution is 14.1. The monoisotopic (exact) mass is 579 g/mol. The number of halogens is 2. The molecule has 0 saturated heterocycles. The molecule has 25 heavy (non-hydrogen) atoms. The SMILES string of the molecule is O=C(/C=C\c1ccc(I)cc1)CS(=O)(=O)N/C=C\c1ccc(I)cc1. The van der Waals surface area contributed by atoms with Crippen molar-refractivity contribution in [1.29, 1.82) is 0 Å². The summed E-state index contributed by atoms with van der Waals surface area (Å²) in [6.45, 7) is 0. The minimum absolute atomic E-state index is 0.478. The van der Waals surface area contributed by atoms with Gasteiger partial charge in [0.15, 0.2) is 5.78 Å². The molecule has 1 N–H and O–H groups in total. The summed E-state index contributed by atoms with van der Waals surface area (Å²) in [6, 6.07) is 15.2. The lowest BCUT2D eigenvalue weighted by Gasteiger charge is -2.01. The molecule has 7 heteroatoms. The lowest BCUT2D eigenvalue weighted by Crippen LogP contribution is -2.25. The fourth-order valence-corrected chi connectivity index (χ4v) is 3.40. The lowest BCUT2D eigenvalue weighted by molar-refractivity contribution is -0.112. The van der Waals surface area contributed by atoms with Gasteiger partial charge in [-0.05, 0) is 92.7 Å². The summed E-state index contributed by atoms with van der Waals surface area (Å²) in [5.74, 6) is -1.07. The summed E-state index contributed by atoms with van der Waals surface area (Å²) < 4.78 is 28.3. The Kier molecular flexibility index (Phi) is 7.63. The third-order valence-corrected chi connectivity index (χ3v) is 5.66. The van der Waals surface area contributed by atoms with E-state index in [1.54, 1.807) is 12.2 Å². The van der Waals surface area contributed by atoms with Gasteiger partial charge in [-0.3, -0.25) is 9.52 Å². The molecule has 0 radical (unpaired) electrons. The van der Waals surface area contributed by atoms with Gasteiger partial charge in [0.2, 0.25) is 10.0 Å². The van der Waals surface area contributed by atoms with Crippen LogP contribution in [0.2, 0.25) is 0 Å². The first-order valence-electron chi connectivity index (χ1n) is 7.23. The Labute approximate surface area is 174 Å². The normalized spacial score (nSPS) is 11.9. The first-order valence-corrected chi connectivity index (χ1v) is 11.0. The first-order chi connectivity index (χ1) is 11.8. The van der Waals surface area contributed by atoms with E-state index in [9.17, 15) is 13.2 Å². The van der Waals surface area contributed by atoms with Crippen LogP contribution in [-0.2, 0) is 14.8 Å². The Morgan fingerprint density at radius 1 is 0.880 bits per heavy atom. The van der Waals surface area contributed by atoms with Crippen LogP contribution in [0.1, 0.15) is 11.1 Å². The maximum atomic E-state index is 11.9. The molecule has 0 aliphatic rings. The van der Waals surface area contributed by atoms with Crippen LogP contribution in [0.15, 0.2) is 60.8 Å². The Hall–Kier alpha value is -1.20. The van der Waals surface area contributed by atoms with Crippen molar-refractivity contribution >= 4 is 73.1 Å². The minimum atomic E-state index is -3.71. The Balaban J connectivity index is 1.90. The second-order valence-corrected chi connectivity index (χ2v) is 9.36. The fraction of sp³-hybridized carbons (Fsp3) is 0.0556. The Morgan fingerprint density at radius 3 is 1.88 bits per heavy atom. The lowest BCUT2D eigenvalue weighted by atomic mass is 10.2. The molecule has 0 aliphatic carbocycles.